The molecule has 1 radical (unpaired) electrons. The van der Waals surface area contributed by atoms with Crippen molar-refractivity contribution in [3.05, 3.63) is 41.3 Å². The molecule has 0 aliphatic rings. The van der Waals surface area contributed by atoms with E-state index in [1.54, 1.807) is 0 Å². The van der Waals surface area contributed by atoms with Crippen LogP contribution in [0.3, 0.4) is 0 Å². The Kier molecular flexibility index (Phi) is 3.91. The predicted molar refractivity (Wildman–Crippen MR) is 49.2 cm³/mol. The molecule has 0 spiro atoms. The minimum atomic E-state index is -1.53. The quantitative estimate of drug-likeness (QED) is 0.336. The lowest BCUT2D eigenvalue weighted by Gasteiger charge is -2.08. The molecule has 85 valence electrons. The fourth-order valence-corrected chi connectivity index (χ4v) is 1.06. The zero-order valence-electron chi connectivity index (χ0n) is 8.12. The van der Waals surface area contributed by atoms with E-state index >= 15 is 0 Å². The van der Waals surface area contributed by atoms with Crippen molar-refractivity contribution in [2.75, 3.05) is 6.61 Å². The standard InChI is InChI=1S/C11H7F4O/c1-3-4-16-5-7-10(14)8(12)6(2)9(13)11(7)15/h1H,2,4-5H2. The molecule has 1 aromatic rings. The average Bonchev–Trinajstić information content (AvgIpc) is 2.28. The van der Waals surface area contributed by atoms with Crippen LogP contribution < -0.4 is 0 Å². The van der Waals surface area contributed by atoms with E-state index in [9.17, 15) is 17.6 Å². The zero-order valence-corrected chi connectivity index (χ0v) is 8.12. The first-order valence-electron chi connectivity index (χ1n) is 4.18. The Bertz CT molecular complexity index is 419. The van der Waals surface area contributed by atoms with Crippen molar-refractivity contribution in [2.24, 2.45) is 0 Å². The van der Waals surface area contributed by atoms with Gasteiger partial charge in [0, 0.05) is 5.56 Å². The second kappa shape index (κ2) is 4.99. The maximum Gasteiger partial charge on any atom is 0.167 e. The molecule has 0 aliphatic heterocycles. The van der Waals surface area contributed by atoms with E-state index < -0.39 is 41.0 Å². The number of hydrogen-bond donors (Lipinski definition) is 0. The number of rotatable bonds is 3. The van der Waals surface area contributed by atoms with Crippen LogP contribution in [0.5, 0.6) is 0 Å². The molecular weight excluding hydrogens is 224 g/mol. The van der Waals surface area contributed by atoms with E-state index in [-0.39, 0.29) is 6.61 Å². The first kappa shape index (κ1) is 12.5. The Hall–Kier alpha value is -1.54. The molecule has 1 rings (SSSR count). The summed E-state index contributed by atoms with van der Waals surface area (Å²) in [6.07, 6.45) is 4.83. The number of halogens is 4. The third kappa shape index (κ3) is 2.17. The Labute approximate surface area is 90.0 Å². The minimum Gasteiger partial charge on any atom is -0.364 e. The Morgan fingerprint density at radius 1 is 1.06 bits per heavy atom. The number of terminal acetylenes is 1. The summed E-state index contributed by atoms with van der Waals surface area (Å²) in [4.78, 5) is 0. The molecule has 1 nitrogen and oxygen atoms in total. The van der Waals surface area contributed by atoms with Crippen LogP contribution in [0.15, 0.2) is 0 Å². The molecule has 0 aliphatic carbocycles. The largest absolute Gasteiger partial charge is 0.364 e. The maximum atomic E-state index is 13.2. The summed E-state index contributed by atoms with van der Waals surface area (Å²) < 4.78 is 57.0. The molecule has 0 bridgehead atoms. The zero-order chi connectivity index (χ0) is 12.3. The summed E-state index contributed by atoms with van der Waals surface area (Å²) in [7, 11) is 0. The average molecular weight is 231 g/mol. The Morgan fingerprint density at radius 3 is 2.00 bits per heavy atom. The van der Waals surface area contributed by atoms with Crippen LogP contribution in [0.4, 0.5) is 17.6 Å². The van der Waals surface area contributed by atoms with Gasteiger partial charge in [-0.05, 0) is 6.92 Å². The molecule has 0 N–H and O–H groups in total. The molecule has 5 heteroatoms. The topological polar surface area (TPSA) is 9.23 Å². The van der Waals surface area contributed by atoms with Crippen molar-refractivity contribution in [3.63, 3.8) is 0 Å². The molecule has 0 fully saturated rings. The lowest BCUT2D eigenvalue weighted by atomic mass is 10.1. The van der Waals surface area contributed by atoms with Gasteiger partial charge in [-0.2, -0.15) is 0 Å². The van der Waals surface area contributed by atoms with E-state index in [0.717, 1.165) is 0 Å². The van der Waals surface area contributed by atoms with Crippen LogP contribution in [0, 0.1) is 42.5 Å². The molecule has 0 atom stereocenters. The van der Waals surface area contributed by atoms with E-state index in [0.29, 0.717) is 0 Å². The fraction of sp³-hybridized carbons (Fsp3) is 0.182. The van der Waals surface area contributed by atoms with Crippen LogP contribution in [0.1, 0.15) is 11.1 Å². The van der Waals surface area contributed by atoms with E-state index in [1.165, 1.54) is 0 Å². The summed E-state index contributed by atoms with van der Waals surface area (Å²) in [6.45, 7) is 2.02. The number of hydrogen-bond acceptors (Lipinski definition) is 1. The van der Waals surface area contributed by atoms with Crippen LogP contribution in [0.2, 0.25) is 0 Å². The smallest absolute Gasteiger partial charge is 0.167 e. The van der Waals surface area contributed by atoms with Gasteiger partial charge in [0.25, 0.3) is 0 Å². The predicted octanol–water partition coefficient (Wildman–Crippen LogP) is 2.57. The van der Waals surface area contributed by atoms with Gasteiger partial charge in [0.1, 0.15) is 6.61 Å². The van der Waals surface area contributed by atoms with Gasteiger partial charge in [-0.15, -0.1) is 6.42 Å². The fourth-order valence-electron chi connectivity index (χ4n) is 1.06. The normalized spacial score (nSPS) is 10.2. The highest BCUT2D eigenvalue weighted by atomic mass is 19.2. The van der Waals surface area contributed by atoms with Gasteiger partial charge in [-0.25, -0.2) is 17.6 Å². The molecule has 0 aromatic heterocycles. The van der Waals surface area contributed by atoms with Gasteiger partial charge >= 0.3 is 0 Å². The second-order valence-electron chi connectivity index (χ2n) is 2.91. The van der Waals surface area contributed by atoms with Gasteiger partial charge in [0.2, 0.25) is 0 Å². The van der Waals surface area contributed by atoms with Crippen molar-refractivity contribution < 1.29 is 22.3 Å². The van der Waals surface area contributed by atoms with Gasteiger partial charge < -0.3 is 4.74 Å². The van der Waals surface area contributed by atoms with Crippen LogP contribution >= 0.6 is 0 Å². The highest BCUT2D eigenvalue weighted by molar-refractivity contribution is 5.31. The first-order valence-corrected chi connectivity index (χ1v) is 4.18. The van der Waals surface area contributed by atoms with Gasteiger partial charge in [0.15, 0.2) is 23.3 Å². The van der Waals surface area contributed by atoms with Crippen molar-refractivity contribution in [1.29, 1.82) is 0 Å². The van der Waals surface area contributed by atoms with Crippen LogP contribution in [-0.4, -0.2) is 6.61 Å². The summed E-state index contributed by atoms with van der Waals surface area (Å²) in [6, 6.07) is 0. The Balaban J connectivity index is 3.14. The molecule has 16 heavy (non-hydrogen) atoms. The second-order valence-corrected chi connectivity index (χ2v) is 2.91. The molecule has 0 unspecified atom stereocenters. The third-order valence-electron chi connectivity index (χ3n) is 1.88. The SMILES string of the molecule is C#CCOCc1c(F)c(F)c([CH2])c(F)c1F. The molecule has 0 saturated heterocycles. The van der Waals surface area contributed by atoms with Crippen molar-refractivity contribution >= 4 is 0 Å². The van der Waals surface area contributed by atoms with Crippen molar-refractivity contribution in [1.82, 2.24) is 0 Å². The molecular formula is C11H7F4O. The highest BCUT2D eigenvalue weighted by Gasteiger charge is 2.22. The molecule has 0 saturated carbocycles. The summed E-state index contributed by atoms with van der Waals surface area (Å²) in [5.41, 5.74) is -1.78. The Morgan fingerprint density at radius 2 is 1.56 bits per heavy atom. The number of benzene rings is 1. The lowest BCUT2D eigenvalue weighted by Crippen LogP contribution is -2.08. The highest BCUT2D eigenvalue weighted by Crippen LogP contribution is 2.23. The van der Waals surface area contributed by atoms with Crippen LogP contribution in [0.25, 0.3) is 0 Å². The lowest BCUT2D eigenvalue weighted by molar-refractivity contribution is 0.145. The monoisotopic (exact) mass is 231 g/mol. The third-order valence-corrected chi connectivity index (χ3v) is 1.88. The van der Waals surface area contributed by atoms with E-state index in [1.807, 2.05) is 0 Å². The van der Waals surface area contributed by atoms with Crippen molar-refractivity contribution in [3.8, 4) is 12.3 Å². The first-order chi connectivity index (χ1) is 7.50. The maximum absolute atomic E-state index is 13.2. The molecule has 0 amide bonds. The van der Waals surface area contributed by atoms with Gasteiger partial charge in [-0.3, -0.25) is 0 Å². The summed E-state index contributed by atoms with van der Waals surface area (Å²) in [5, 5.41) is 0. The van der Waals surface area contributed by atoms with Gasteiger partial charge in [-0.1, -0.05) is 5.92 Å². The van der Waals surface area contributed by atoms with Gasteiger partial charge in [0.05, 0.1) is 12.2 Å². The van der Waals surface area contributed by atoms with Crippen LogP contribution in [-0.2, 0) is 11.3 Å². The molecule has 0 heterocycles. The van der Waals surface area contributed by atoms with E-state index in [2.05, 4.69) is 17.6 Å². The molecule has 1 aromatic carbocycles. The van der Waals surface area contributed by atoms with E-state index in [4.69, 9.17) is 6.42 Å². The minimum absolute atomic E-state index is 0.214. The number of ether oxygens (including phenoxy) is 1. The summed E-state index contributed by atoms with van der Waals surface area (Å²) >= 11 is 0. The van der Waals surface area contributed by atoms with Crippen molar-refractivity contribution in [2.45, 2.75) is 6.61 Å². The summed E-state index contributed by atoms with van der Waals surface area (Å²) in [5.74, 6) is -4.03.